The van der Waals surface area contributed by atoms with E-state index in [4.69, 9.17) is 5.26 Å². The third kappa shape index (κ3) is 1.57. The lowest BCUT2D eigenvalue weighted by Gasteiger charge is -2.08. The summed E-state index contributed by atoms with van der Waals surface area (Å²) >= 11 is 4.45. The first-order chi connectivity index (χ1) is 8.81. The molecule has 0 N–H and O–H groups in total. The Morgan fingerprint density at radius 3 is 2.83 bits per heavy atom. The fourth-order valence-electron chi connectivity index (χ4n) is 2.05. The minimum absolute atomic E-state index is 0.614. The van der Waals surface area contributed by atoms with Crippen molar-refractivity contribution in [3.05, 3.63) is 54.6 Å². The molecule has 0 saturated heterocycles. The van der Waals surface area contributed by atoms with Crippen LogP contribution in [0.25, 0.3) is 16.6 Å². The first kappa shape index (κ1) is 10.9. The van der Waals surface area contributed by atoms with Crippen LogP contribution in [0.2, 0.25) is 0 Å². The summed E-state index contributed by atoms with van der Waals surface area (Å²) in [6, 6.07) is 11.7. The minimum Gasteiger partial charge on any atom is -0.308 e. The summed E-state index contributed by atoms with van der Waals surface area (Å²) in [5, 5.41) is 9.07. The molecule has 3 aromatic rings. The lowest BCUT2D eigenvalue weighted by molar-refractivity contribution is 1.15. The van der Waals surface area contributed by atoms with E-state index in [1.807, 2.05) is 40.9 Å². The van der Waals surface area contributed by atoms with Gasteiger partial charge in [-0.25, -0.2) is 0 Å². The molecule has 3 rings (SSSR count). The van der Waals surface area contributed by atoms with Crippen molar-refractivity contribution >= 4 is 18.1 Å². The van der Waals surface area contributed by atoms with Crippen molar-refractivity contribution in [1.82, 2.24) is 9.38 Å². The van der Waals surface area contributed by atoms with E-state index < -0.39 is 0 Å². The Labute approximate surface area is 110 Å². The average Bonchev–Trinajstić information content (AvgIpc) is 2.88. The minimum atomic E-state index is 0.614. The summed E-state index contributed by atoms with van der Waals surface area (Å²) < 4.78 is 1.87. The molecule has 0 spiro atoms. The van der Waals surface area contributed by atoms with Crippen molar-refractivity contribution in [3.8, 4) is 17.2 Å². The summed E-state index contributed by atoms with van der Waals surface area (Å²) in [4.78, 5) is 5.01. The van der Waals surface area contributed by atoms with E-state index in [0.717, 1.165) is 21.5 Å². The molecule has 0 atom stereocenters. The number of thiol groups is 1. The van der Waals surface area contributed by atoms with Crippen molar-refractivity contribution in [2.24, 2.45) is 0 Å². The largest absolute Gasteiger partial charge is 0.308 e. The van der Waals surface area contributed by atoms with Gasteiger partial charge in [0.25, 0.3) is 0 Å². The number of rotatable bonds is 1. The zero-order valence-electron chi connectivity index (χ0n) is 9.41. The van der Waals surface area contributed by atoms with E-state index >= 15 is 0 Å². The number of fused-ring (bicyclic) bond motifs is 1. The van der Waals surface area contributed by atoms with Crippen molar-refractivity contribution < 1.29 is 0 Å². The maximum absolute atomic E-state index is 9.07. The van der Waals surface area contributed by atoms with Crippen LogP contribution in [-0.4, -0.2) is 9.38 Å². The fraction of sp³-hybridized carbons (Fsp3) is 0. The Balaban J connectivity index is 2.36. The molecule has 0 aromatic carbocycles. The molecule has 0 unspecified atom stereocenters. The first-order valence-corrected chi connectivity index (χ1v) is 5.89. The van der Waals surface area contributed by atoms with Crippen LogP contribution in [0.15, 0.2) is 53.8 Å². The van der Waals surface area contributed by atoms with Gasteiger partial charge >= 0.3 is 0 Å². The van der Waals surface area contributed by atoms with Crippen LogP contribution in [-0.2, 0) is 0 Å². The molecule has 0 bridgehead atoms. The van der Waals surface area contributed by atoms with E-state index in [1.165, 1.54) is 0 Å². The molecule has 0 radical (unpaired) electrons. The molecule has 0 aliphatic rings. The molecule has 4 heteroatoms. The fourth-order valence-corrected chi connectivity index (χ4v) is 2.30. The topological polar surface area (TPSA) is 41.1 Å². The quantitative estimate of drug-likeness (QED) is 0.675. The second kappa shape index (κ2) is 4.21. The molecule has 0 fully saturated rings. The molecule has 3 aromatic heterocycles. The van der Waals surface area contributed by atoms with Crippen LogP contribution in [0.1, 0.15) is 5.69 Å². The predicted octanol–water partition coefficient (Wildman–Crippen LogP) is 3.16. The van der Waals surface area contributed by atoms with E-state index in [1.54, 1.807) is 12.4 Å². The van der Waals surface area contributed by atoms with E-state index in [-0.39, 0.29) is 0 Å². The zero-order valence-corrected chi connectivity index (χ0v) is 10.3. The Bertz CT molecular complexity index is 768. The van der Waals surface area contributed by atoms with Gasteiger partial charge in [0, 0.05) is 34.6 Å². The van der Waals surface area contributed by atoms with Gasteiger partial charge in [0.2, 0.25) is 0 Å². The standard InChI is InChI=1S/C14H9N3S/c15-8-10-3-4-11(13-2-1-7-17(10)13)12-9-16-6-5-14(12)18/h1-7,9H,(H,16,18). The third-order valence-electron chi connectivity index (χ3n) is 2.89. The second-order valence-electron chi connectivity index (χ2n) is 3.90. The third-order valence-corrected chi connectivity index (χ3v) is 3.28. The predicted molar refractivity (Wildman–Crippen MR) is 72.6 cm³/mol. The highest BCUT2D eigenvalue weighted by Crippen LogP contribution is 2.30. The van der Waals surface area contributed by atoms with Gasteiger partial charge in [0.15, 0.2) is 0 Å². The molecule has 0 aliphatic carbocycles. The number of hydrogen-bond acceptors (Lipinski definition) is 3. The van der Waals surface area contributed by atoms with Gasteiger partial charge in [-0.05, 0) is 30.3 Å². The molecular weight excluding hydrogens is 242 g/mol. The molecule has 0 aliphatic heterocycles. The SMILES string of the molecule is N#Cc1ccc(-c2cnccc2S)c2cccn12. The van der Waals surface area contributed by atoms with Gasteiger partial charge in [0.1, 0.15) is 11.8 Å². The zero-order chi connectivity index (χ0) is 12.5. The van der Waals surface area contributed by atoms with Gasteiger partial charge in [0.05, 0.1) is 5.52 Å². The monoisotopic (exact) mass is 251 g/mol. The van der Waals surface area contributed by atoms with Crippen LogP contribution in [0.5, 0.6) is 0 Å². The Hall–Kier alpha value is -2.25. The Kier molecular flexibility index (Phi) is 2.54. The maximum atomic E-state index is 9.07. The van der Waals surface area contributed by atoms with Crippen LogP contribution >= 0.6 is 12.6 Å². The normalized spacial score (nSPS) is 10.4. The average molecular weight is 251 g/mol. The second-order valence-corrected chi connectivity index (χ2v) is 4.38. The first-order valence-electron chi connectivity index (χ1n) is 5.45. The van der Waals surface area contributed by atoms with Gasteiger partial charge < -0.3 is 4.40 Å². The van der Waals surface area contributed by atoms with Crippen molar-refractivity contribution in [1.29, 1.82) is 5.26 Å². The maximum Gasteiger partial charge on any atom is 0.124 e. The van der Waals surface area contributed by atoms with Gasteiger partial charge in [-0.15, -0.1) is 12.6 Å². The molecular formula is C14H9N3S. The summed E-state index contributed by atoms with van der Waals surface area (Å²) in [6.45, 7) is 0. The number of hydrogen-bond donors (Lipinski definition) is 1. The lowest BCUT2D eigenvalue weighted by atomic mass is 10.1. The molecule has 0 saturated carbocycles. The molecule has 3 heterocycles. The summed E-state index contributed by atoms with van der Waals surface area (Å²) in [7, 11) is 0. The van der Waals surface area contributed by atoms with Crippen LogP contribution in [0, 0.1) is 11.3 Å². The Morgan fingerprint density at radius 1 is 1.17 bits per heavy atom. The van der Waals surface area contributed by atoms with Crippen molar-refractivity contribution in [2.45, 2.75) is 4.90 Å². The number of nitriles is 1. The van der Waals surface area contributed by atoms with Crippen molar-refractivity contribution in [3.63, 3.8) is 0 Å². The smallest absolute Gasteiger partial charge is 0.124 e. The lowest BCUT2D eigenvalue weighted by Crippen LogP contribution is -1.93. The van der Waals surface area contributed by atoms with E-state index in [2.05, 4.69) is 23.7 Å². The molecule has 3 nitrogen and oxygen atoms in total. The van der Waals surface area contributed by atoms with Gasteiger partial charge in [-0.1, -0.05) is 0 Å². The van der Waals surface area contributed by atoms with Gasteiger partial charge in [-0.2, -0.15) is 5.26 Å². The van der Waals surface area contributed by atoms with E-state index in [9.17, 15) is 0 Å². The van der Waals surface area contributed by atoms with Crippen LogP contribution < -0.4 is 0 Å². The highest BCUT2D eigenvalue weighted by atomic mass is 32.1. The van der Waals surface area contributed by atoms with E-state index in [0.29, 0.717) is 5.69 Å². The highest BCUT2D eigenvalue weighted by molar-refractivity contribution is 7.80. The number of nitrogens with zero attached hydrogens (tertiary/aromatic N) is 3. The number of aromatic nitrogens is 2. The number of pyridine rings is 2. The molecule has 18 heavy (non-hydrogen) atoms. The molecule has 0 amide bonds. The van der Waals surface area contributed by atoms with Crippen LogP contribution in [0.4, 0.5) is 0 Å². The highest BCUT2D eigenvalue weighted by Gasteiger charge is 2.09. The molecule has 86 valence electrons. The van der Waals surface area contributed by atoms with Crippen LogP contribution in [0.3, 0.4) is 0 Å². The van der Waals surface area contributed by atoms with Crippen molar-refractivity contribution in [2.75, 3.05) is 0 Å². The summed E-state index contributed by atoms with van der Waals surface area (Å²) in [5.41, 5.74) is 3.59. The Morgan fingerprint density at radius 2 is 2.06 bits per heavy atom. The van der Waals surface area contributed by atoms with Gasteiger partial charge in [-0.3, -0.25) is 4.98 Å². The summed E-state index contributed by atoms with van der Waals surface area (Å²) in [6.07, 6.45) is 5.38. The summed E-state index contributed by atoms with van der Waals surface area (Å²) in [5.74, 6) is 0.